The average Bonchev–Trinajstić information content (AvgIpc) is 3.59. The molecule has 17 heteroatoms. The molecular weight excluding hydrogens is 917 g/mol. The van der Waals surface area contributed by atoms with E-state index in [4.69, 9.17) is 14.0 Å². The SMILES string of the molecule is CCCOCCCCC(=O)C(CCC(=O)NCc1ccc(C2(C)OB(C(CC(C)C)NC(=O)C(Cc3ccccc3)NC(=O)c3cnccn3)OC2(C)C)cc1)CC(C)(C)C(=O)C(CCC(=O)O)CC(C)=O. The van der Waals surface area contributed by atoms with Crippen LogP contribution in [0.25, 0.3) is 0 Å². The lowest BCUT2D eigenvalue weighted by Gasteiger charge is -2.37. The highest BCUT2D eigenvalue weighted by atomic mass is 16.7. The monoisotopic (exact) mass is 996 g/mol. The quantitative estimate of drug-likeness (QED) is 0.0347. The summed E-state index contributed by atoms with van der Waals surface area (Å²) in [7, 11) is -0.846. The third-order valence-electron chi connectivity index (χ3n) is 13.5. The number of aliphatic carboxylic acids is 1. The molecule has 3 amide bonds. The van der Waals surface area contributed by atoms with Gasteiger partial charge in [-0.1, -0.05) is 89.2 Å². The molecule has 4 rings (SSSR count). The van der Waals surface area contributed by atoms with Crippen molar-refractivity contribution in [2.45, 2.75) is 169 Å². The summed E-state index contributed by atoms with van der Waals surface area (Å²) in [6, 6.07) is 16.1. The first-order valence-electron chi connectivity index (χ1n) is 25.5. The lowest BCUT2D eigenvalue weighted by Crippen LogP contribution is -2.55. The number of Topliss-reactive ketones (excluding diaryl/α,β-unsaturated/α-hetero) is 3. The van der Waals surface area contributed by atoms with Crippen LogP contribution in [0.4, 0.5) is 0 Å². The number of carbonyl (C=O) groups is 7. The predicted molar refractivity (Wildman–Crippen MR) is 274 cm³/mol. The van der Waals surface area contributed by atoms with Gasteiger partial charge in [0.15, 0.2) is 0 Å². The van der Waals surface area contributed by atoms with E-state index in [1.165, 1.54) is 25.5 Å². The number of ether oxygens (including phenoxy) is 1. The number of carbonyl (C=O) groups excluding carboxylic acids is 6. The second-order valence-corrected chi connectivity index (χ2v) is 20.9. The number of rotatable bonds is 32. The van der Waals surface area contributed by atoms with Crippen molar-refractivity contribution in [1.82, 2.24) is 25.9 Å². The minimum absolute atomic E-state index is 0.0280. The van der Waals surface area contributed by atoms with E-state index in [-0.39, 0.29) is 92.8 Å². The van der Waals surface area contributed by atoms with Crippen molar-refractivity contribution in [3.8, 4) is 0 Å². The van der Waals surface area contributed by atoms with Gasteiger partial charge in [-0.3, -0.25) is 33.8 Å². The van der Waals surface area contributed by atoms with Gasteiger partial charge in [0.25, 0.3) is 5.91 Å². The normalized spacial score (nSPS) is 17.1. The lowest BCUT2D eigenvalue weighted by molar-refractivity contribution is -0.139. The number of amides is 3. The zero-order valence-electron chi connectivity index (χ0n) is 43.9. The van der Waals surface area contributed by atoms with E-state index in [1.54, 1.807) is 13.8 Å². The third kappa shape index (κ3) is 18.1. The van der Waals surface area contributed by atoms with Gasteiger partial charge in [-0.05, 0) is 95.2 Å². The Morgan fingerprint density at radius 3 is 2.15 bits per heavy atom. The minimum Gasteiger partial charge on any atom is -0.481 e. The Morgan fingerprint density at radius 1 is 0.833 bits per heavy atom. The van der Waals surface area contributed by atoms with E-state index in [9.17, 15) is 38.7 Å². The molecule has 1 fully saturated rings. The van der Waals surface area contributed by atoms with Gasteiger partial charge in [0.1, 0.15) is 34.7 Å². The second kappa shape index (κ2) is 28.0. The lowest BCUT2D eigenvalue weighted by atomic mass is 9.71. The molecule has 0 saturated carbocycles. The molecule has 392 valence electrons. The Morgan fingerprint density at radius 2 is 1.53 bits per heavy atom. The van der Waals surface area contributed by atoms with Crippen LogP contribution in [0.15, 0.2) is 73.2 Å². The highest BCUT2D eigenvalue weighted by Gasteiger charge is 2.57. The van der Waals surface area contributed by atoms with Crippen molar-refractivity contribution in [2.75, 3.05) is 13.2 Å². The van der Waals surface area contributed by atoms with Crippen LogP contribution in [-0.4, -0.2) is 94.0 Å². The van der Waals surface area contributed by atoms with Gasteiger partial charge in [0, 0.05) is 81.5 Å². The van der Waals surface area contributed by atoms with Gasteiger partial charge in [-0.25, -0.2) is 4.98 Å². The molecule has 1 aromatic heterocycles. The van der Waals surface area contributed by atoms with Crippen molar-refractivity contribution in [3.05, 3.63) is 95.6 Å². The molecule has 2 heterocycles. The standard InChI is InChI=1S/C55H78BN5O11/c1-10-29-70-30-15-14-18-46(63)42(34-53(5,6)50(67)41(32-38(4)62)22-26-49(65)66)21-25-48(64)59-35-40-19-23-43(24-20-40)55(9)54(7,8)71-56(72-55)47(31-37(2)3)61-51(68)44(33-39-16-12-11-13-17-39)60-52(69)45-36-57-27-28-58-45/h11-13,16-17,19-20,23-24,27-28,36-37,41-42,44,47H,10,14-15,18,21-22,25-26,29-35H2,1-9H3,(H,59,64)(H,60,69)(H,61,68)(H,65,66). The molecule has 1 saturated heterocycles. The molecule has 4 N–H and O–H groups in total. The van der Waals surface area contributed by atoms with E-state index >= 15 is 0 Å². The smallest absolute Gasteiger partial charge is 0.481 e. The van der Waals surface area contributed by atoms with Crippen molar-refractivity contribution in [1.29, 1.82) is 0 Å². The van der Waals surface area contributed by atoms with Gasteiger partial charge in [-0.15, -0.1) is 0 Å². The summed E-state index contributed by atoms with van der Waals surface area (Å²) in [5, 5.41) is 18.3. The predicted octanol–water partition coefficient (Wildman–Crippen LogP) is 7.74. The second-order valence-electron chi connectivity index (χ2n) is 20.9. The zero-order valence-corrected chi connectivity index (χ0v) is 43.9. The van der Waals surface area contributed by atoms with E-state index in [2.05, 4.69) is 25.9 Å². The summed E-state index contributed by atoms with van der Waals surface area (Å²) in [5.41, 5.74) is -0.286. The van der Waals surface area contributed by atoms with Crippen LogP contribution in [0, 0.1) is 23.2 Å². The Kier molecular flexibility index (Phi) is 22.9. The Balaban J connectivity index is 1.43. The fourth-order valence-corrected chi connectivity index (χ4v) is 9.22. The number of nitrogens with zero attached hydrogens (tertiary/aromatic N) is 2. The minimum atomic E-state index is -1.05. The van der Waals surface area contributed by atoms with E-state index in [1.807, 2.05) is 96.1 Å². The number of carboxylic acid groups (broad SMARTS) is 1. The summed E-state index contributed by atoms with van der Waals surface area (Å²) in [4.78, 5) is 100. The van der Waals surface area contributed by atoms with Crippen LogP contribution >= 0.6 is 0 Å². The maximum Gasteiger partial charge on any atom is 0.482 e. The Labute approximate surface area is 426 Å². The topological polar surface area (TPSA) is 229 Å². The third-order valence-corrected chi connectivity index (χ3v) is 13.5. The Hall–Kier alpha value is -5.65. The number of carboxylic acids is 1. The maximum absolute atomic E-state index is 14.2. The highest BCUT2D eigenvalue weighted by Crippen LogP contribution is 2.46. The first-order valence-corrected chi connectivity index (χ1v) is 25.5. The maximum atomic E-state index is 14.2. The van der Waals surface area contributed by atoms with Crippen LogP contribution in [0.5, 0.6) is 0 Å². The molecule has 5 unspecified atom stereocenters. The number of ketones is 3. The molecule has 0 spiro atoms. The number of unbranched alkanes of at least 4 members (excludes halogenated alkanes) is 1. The number of hydrogen-bond donors (Lipinski definition) is 4. The van der Waals surface area contributed by atoms with E-state index in [0.29, 0.717) is 32.5 Å². The fourth-order valence-electron chi connectivity index (χ4n) is 9.22. The van der Waals surface area contributed by atoms with E-state index < -0.39 is 65.3 Å². The first kappa shape index (κ1) is 58.9. The van der Waals surface area contributed by atoms with Gasteiger partial charge in [-0.2, -0.15) is 0 Å². The number of benzene rings is 2. The van der Waals surface area contributed by atoms with Crippen molar-refractivity contribution in [3.63, 3.8) is 0 Å². The zero-order chi connectivity index (χ0) is 53.1. The van der Waals surface area contributed by atoms with Crippen molar-refractivity contribution >= 4 is 48.2 Å². The largest absolute Gasteiger partial charge is 0.482 e. The summed E-state index contributed by atoms with van der Waals surface area (Å²) in [5.74, 6) is -4.59. The molecule has 72 heavy (non-hydrogen) atoms. The van der Waals surface area contributed by atoms with Crippen LogP contribution in [-0.2, 0) is 61.4 Å². The van der Waals surface area contributed by atoms with Crippen LogP contribution in [0.2, 0.25) is 0 Å². The molecule has 1 aliphatic heterocycles. The summed E-state index contributed by atoms with van der Waals surface area (Å²) in [6.07, 6.45) is 7.59. The van der Waals surface area contributed by atoms with Gasteiger partial charge in [0.2, 0.25) is 11.8 Å². The molecule has 1 aliphatic rings. The molecule has 16 nitrogen and oxygen atoms in total. The molecule has 5 atom stereocenters. The molecule has 2 aromatic carbocycles. The summed E-state index contributed by atoms with van der Waals surface area (Å²) in [6.45, 7) is 18.2. The number of hydrogen-bond acceptors (Lipinski definition) is 12. The average molecular weight is 996 g/mol. The van der Waals surface area contributed by atoms with Crippen LogP contribution in [0.3, 0.4) is 0 Å². The molecule has 0 radical (unpaired) electrons. The van der Waals surface area contributed by atoms with Crippen LogP contribution in [0.1, 0.15) is 160 Å². The van der Waals surface area contributed by atoms with Gasteiger partial charge in [0.05, 0.1) is 17.7 Å². The number of nitrogens with one attached hydrogen (secondary N) is 3. The number of aromatic nitrogens is 2. The summed E-state index contributed by atoms with van der Waals surface area (Å²) < 4.78 is 19.1. The fraction of sp³-hybridized carbons (Fsp3) is 0.582. The highest BCUT2D eigenvalue weighted by molar-refractivity contribution is 6.48. The van der Waals surface area contributed by atoms with Gasteiger partial charge < -0.3 is 39.9 Å². The van der Waals surface area contributed by atoms with Crippen molar-refractivity contribution < 1.29 is 52.7 Å². The van der Waals surface area contributed by atoms with Crippen molar-refractivity contribution in [2.24, 2.45) is 23.2 Å². The molecule has 3 aromatic rings. The summed E-state index contributed by atoms with van der Waals surface area (Å²) >= 11 is 0. The Bertz CT molecular complexity index is 2260. The van der Waals surface area contributed by atoms with Crippen LogP contribution < -0.4 is 16.0 Å². The molecular formula is C55H78BN5O11. The first-order chi connectivity index (χ1) is 34.0. The van der Waals surface area contributed by atoms with Gasteiger partial charge >= 0.3 is 13.1 Å². The molecule has 0 bridgehead atoms. The molecule has 0 aliphatic carbocycles. The van der Waals surface area contributed by atoms with E-state index in [0.717, 1.165) is 23.1 Å².